The van der Waals surface area contributed by atoms with Crippen molar-refractivity contribution in [2.24, 2.45) is 0 Å². The van der Waals surface area contributed by atoms with Crippen LogP contribution in [0.3, 0.4) is 0 Å². The van der Waals surface area contributed by atoms with Gasteiger partial charge in [-0.05, 0) is 36.4 Å². The quantitative estimate of drug-likeness (QED) is 0.514. The second-order valence-corrected chi connectivity index (χ2v) is 5.75. The highest BCUT2D eigenvalue weighted by molar-refractivity contribution is 6.33. The normalized spacial score (nSPS) is 10.5. The molecule has 132 valence electrons. The molecule has 0 unspecified atom stereocenters. The molecule has 0 fully saturated rings. The first-order chi connectivity index (χ1) is 12.5. The molecule has 1 heterocycles. The summed E-state index contributed by atoms with van der Waals surface area (Å²) in [7, 11) is 0. The minimum absolute atomic E-state index is 0.0467. The molecule has 1 aromatic heterocycles. The largest absolute Gasteiger partial charge is 0.459 e. The zero-order valence-corrected chi connectivity index (χ0v) is 14.1. The lowest BCUT2D eigenvalue weighted by atomic mass is 10.1. The molecule has 1 amide bonds. The number of hydrogen-bond donors (Lipinski definition) is 2. The Kier molecular flexibility index (Phi) is 5.01. The van der Waals surface area contributed by atoms with Crippen molar-refractivity contribution >= 4 is 28.9 Å². The summed E-state index contributed by atoms with van der Waals surface area (Å²) in [6, 6.07) is 13.7. The van der Waals surface area contributed by atoms with Gasteiger partial charge in [-0.1, -0.05) is 23.7 Å². The van der Waals surface area contributed by atoms with Gasteiger partial charge in [0.15, 0.2) is 0 Å². The van der Waals surface area contributed by atoms with Crippen LogP contribution in [0.4, 0.5) is 11.4 Å². The van der Waals surface area contributed by atoms with Gasteiger partial charge in [0.2, 0.25) is 0 Å². The van der Waals surface area contributed by atoms with Crippen LogP contribution >= 0.6 is 11.6 Å². The smallest absolute Gasteiger partial charge is 0.282 e. The number of nitrogens with one attached hydrogen (secondary N) is 1. The highest BCUT2D eigenvalue weighted by Crippen LogP contribution is 2.32. The van der Waals surface area contributed by atoms with E-state index in [-0.39, 0.29) is 17.9 Å². The molecule has 3 rings (SSSR count). The van der Waals surface area contributed by atoms with E-state index in [2.05, 4.69) is 5.32 Å². The summed E-state index contributed by atoms with van der Waals surface area (Å²) in [6.45, 7) is -0.244. The summed E-state index contributed by atoms with van der Waals surface area (Å²) >= 11 is 6.18. The second kappa shape index (κ2) is 7.38. The Morgan fingerprint density at radius 3 is 2.65 bits per heavy atom. The van der Waals surface area contributed by atoms with Crippen LogP contribution in [0.2, 0.25) is 5.02 Å². The third-order valence-corrected chi connectivity index (χ3v) is 3.98. The fourth-order valence-electron chi connectivity index (χ4n) is 2.42. The van der Waals surface area contributed by atoms with Crippen molar-refractivity contribution in [3.8, 4) is 11.3 Å². The summed E-state index contributed by atoms with van der Waals surface area (Å²) < 4.78 is 5.46. The topological polar surface area (TPSA) is 106 Å². The van der Waals surface area contributed by atoms with E-state index in [4.69, 9.17) is 21.1 Å². The maximum absolute atomic E-state index is 12.4. The fourth-order valence-corrected chi connectivity index (χ4v) is 2.63. The van der Waals surface area contributed by atoms with Crippen LogP contribution < -0.4 is 5.32 Å². The first-order valence-electron chi connectivity index (χ1n) is 7.54. The Labute approximate surface area is 153 Å². The lowest BCUT2D eigenvalue weighted by Crippen LogP contribution is -2.13. The van der Waals surface area contributed by atoms with E-state index in [1.165, 1.54) is 18.2 Å². The van der Waals surface area contributed by atoms with Crippen molar-refractivity contribution in [1.82, 2.24) is 0 Å². The van der Waals surface area contributed by atoms with Gasteiger partial charge in [-0.3, -0.25) is 14.9 Å². The number of rotatable bonds is 5. The molecule has 0 aliphatic heterocycles. The van der Waals surface area contributed by atoms with Gasteiger partial charge in [0.05, 0.1) is 9.95 Å². The Hall–Kier alpha value is -3.16. The number of para-hydroxylation sites is 1. The van der Waals surface area contributed by atoms with Crippen LogP contribution in [0.15, 0.2) is 59.0 Å². The van der Waals surface area contributed by atoms with Gasteiger partial charge < -0.3 is 14.8 Å². The predicted octanol–water partition coefficient (Wildman–Crippen LogP) is 4.25. The van der Waals surface area contributed by atoms with Gasteiger partial charge in [0.1, 0.15) is 23.7 Å². The molecule has 0 aliphatic carbocycles. The number of nitro benzene ring substituents is 1. The summed E-state index contributed by atoms with van der Waals surface area (Å²) in [6.07, 6.45) is 0. The van der Waals surface area contributed by atoms with Gasteiger partial charge in [-0.2, -0.15) is 0 Å². The first kappa shape index (κ1) is 17.7. The van der Waals surface area contributed by atoms with E-state index >= 15 is 0 Å². The molecule has 0 spiro atoms. The zero-order chi connectivity index (χ0) is 18.7. The molecule has 2 aromatic carbocycles. The number of aliphatic hydroxyl groups excluding tert-OH is 1. The van der Waals surface area contributed by atoms with Gasteiger partial charge in [-0.25, -0.2) is 0 Å². The summed E-state index contributed by atoms with van der Waals surface area (Å²) in [5, 5.41) is 23.2. The van der Waals surface area contributed by atoms with Crippen molar-refractivity contribution in [1.29, 1.82) is 0 Å². The number of halogens is 1. The van der Waals surface area contributed by atoms with Crippen LogP contribution in [0.1, 0.15) is 16.1 Å². The second-order valence-electron chi connectivity index (χ2n) is 5.35. The maximum Gasteiger partial charge on any atom is 0.282 e. The molecule has 3 aromatic rings. The third-order valence-electron chi connectivity index (χ3n) is 3.65. The minimum Gasteiger partial charge on any atom is -0.459 e. The monoisotopic (exact) mass is 372 g/mol. The van der Waals surface area contributed by atoms with Gasteiger partial charge >= 0.3 is 0 Å². The Bertz CT molecular complexity index is 983. The average molecular weight is 373 g/mol. The maximum atomic E-state index is 12.4. The number of hydrogen-bond acceptors (Lipinski definition) is 5. The van der Waals surface area contributed by atoms with Gasteiger partial charge in [0, 0.05) is 17.3 Å². The van der Waals surface area contributed by atoms with E-state index in [0.29, 0.717) is 27.8 Å². The third kappa shape index (κ3) is 3.58. The Balaban J connectivity index is 1.90. The summed E-state index contributed by atoms with van der Waals surface area (Å²) in [5.41, 5.74) is 0.591. The number of anilines is 1. The highest BCUT2D eigenvalue weighted by atomic mass is 35.5. The number of aliphatic hydroxyl groups is 1. The number of nitrogens with zero attached hydrogens (tertiary/aromatic N) is 1. The number of nitro groups is 1. The standard InChI is InChI=1S/C18H13ClN2O5/c19-15-7-5-11(9-14(15)17-8-6-12(10-22)26-17)20-18(23)13-3-1-2-4-16(13)21(24)25/h1-9,22H,10H2,(H,20,23). The van der Waals surface area contributed by atoms with Crippen molar-refractivity contribution in [3.63, 3.8) is 0 Å². The molecule has 0 saturated carbocycles. The first-order valence-corrected chi connectivity index (χ1v) is 7.91. The number of carbonyl (C=O) groups excluding carboxylic acids is 1. The number of amides is 1. The van der Waals surface area contributed by atoms with Gasteiger partial charge in [0.25, 0.3) is 11.6 Å². The van der Waals surface area contributed by atoms with Crippen molar-refractivity contribution in [2.45, 2.75) is 6.61 Å². The SMILES string of the molecule is O=C(Nc1ccc(Cl)c(-c2ccc(CO)o2)c1)c1ccccc1[N+](=O)[O-]. The molecule has 0 aliphatic rings. The number of carbonyl (C=O) groups is 1. The van der Waals surface area contributed by atoms with E-state index in [1.807, 2.05) is 0 Å². The molecule has 2 N–H and O–H groups in total. The Morgan fingerprint density at radius 1 is 1.19 bits per heavy atom. The highest BCUT2D eigenvalue weighted by Gasteiger charge is 2.19. The molecular weight excluding hydrogens is 360 g/mol. The van der Waals surface area contributed by atoms with Crippen LogP contribution in [0.5, 0.6) is 0 Å². The van der Waals surface area contributed by atoms with E-state index < -0.39 is 10.8 Å². The molecule has 26 heavy (non-hydrogen) atoms. The summed E-state index contributed by atoms with van der Waals surface area (Å²) in [4.78, 5) is 22.9. The molecule has 0 atom stereocenters. The zero-order valence-electron chi connectivity index (χ0n) is 13.3. The van der Waals surface area contributed by atoms with E-state index in [1.54, 1.807) is 36.4 Å². The van der Waals surface area contributed by atoms with Crippen molar-refractivity contribution in [3.05, 3.63) is 81.1 Å². The van der Waals surface area contributed by atoms with Crippen LogP contribution in [0.25, 0.3) is 11.3 Å². The Morgan fingerprint density at radius 2 is 1.96 bits per heavy atom. The van der Waals surface area contributed by atoms with Gasteiger partial charge in [-0.15, -0.1) is 0 Å². The lowest BCUT2D eigenvalue weighted by molar-refractivity contribution is -0.385. The number of furan rings is 1. The van der Waals surface area contributed by atoms with E-state index in [0.717, 1.165) is 0 Å². The molecular formula is C18H13ClN2O5. The summed E-state index contributed by atoms with van der Waals surface area (Å²) in [5.74, 6) is 0.201. The van der Waals surface area contributed by atoms with Crippen molar-refractivity contribution < 1.29 is 19.2 Å². The van der Waals surface area contributed by atoms with Crippen LogP contribution in [-0.4, -0.2) is 15.9 Å². The number of benzene rings is 2. The minimum atomic E-state index is -0.610. The lowest BCUT2D eigenvalue weighted by Gasteiger charge is -2.08. The molecule has 0 radical (unpaired) electrons. The van der Waals surface area contributed by atoms with E-state index in [9.17, 15) is 14.9 Å². The fraction of sp³-hybridized carbons (Fsp3) is 0.0556. The van der Waals surface area contributed by atoms with Crippen LogP contribution in [-0.2, 0) is 6.61 Å². The molecule has 0 saturated heterocycles. The van der Waals surface area contributed by atoms with Crippen molar-refractivity contribution in [2.75, 3.05) is 5.32 Å². The molecule has 7 nitrogen and oxygen atoms in total. The molecule has 0 bridgehead atoms. The van der Waals surface area contributed by atoms with Crippen LogP contribution in [0, 0.1) is 10.1 Å². The average Bonchev–Trinajstić information content (AvgIpc) is 3.12. The molecule has 8 heteroatoms. The predicted molar refractivity (Wildman–Crippen MR) is 96.1 cm³/mol.